The van der Waals surface area contributed by atoms with E-state index in [2.05, 4.69) is 22.6 Å². The largest absolute Gasteiger partial charge is 0.376 e. The summed E-state index contributed by atoms with van der Waals surface area (Å²) in [6.45, 7) is 4.73. The van der Waals surface area contributed by atoms with Crippen LogP contribution in [0.3, 0.4) is 0 Å². The van der Waals surface area contributed by atoms with Crippen LogP contribution in [0.2, 0.25) is 0 Å². The second-order valence-corrected chi connectivity index (χ2v) is 6.38. The quantitative estimate of drug-likeness (QED) is 0.830. The summed E-state index contributed by atoms with van der Waals surface area (Å²) in [7, 11) is 0. The number of nitrogens with zero attached hydrogens (tertiary/aromatic N) is 3. The molecule has 1 N–H and O–H groups in total. The van der Waals surface area contributed by atoms with Crippen molar-refractivity contribution >= 4 is 0 Å². The molecule has 2 saturated carbocycles. The molecular weight excluding hydrogens is 252 g/mol. The topological polar surface area (TPSA) is 52.0 Å². The molecule has 112 valence electrons. The fourth-order valence-corrected chi connectivity index (χ4v) is 2.77. The summed E-state index contributed by atoms with van der Waals surface area (Å²) in [5, 5.41) is 11.8. The van der Waals surface area contributed by atoms with Crippen molar-refractivity contribution < 1.29 is 4.74 Å². The molecule has 0 atom stereocenters. The highest BCUT2D eigenvalue weighted by Crippen LogP contribution is 2.25. The van der Waals surface area contributed by atoms with Crippen LogP contribution in [-0.4, -0.2) is 33.7 Å². The van der Waals surface area contributed by atoms with E-state index in [0.29, 0.717) is 6.10 Å². The van der Waals surface area contributed by atoms with Crippen LogP contribution in [0, 0.1) is 5.92 Å². The lowest BCUT2D eigenvalue weighted by atomic mass is 9.89. The zero-order valence-corrected chi connectivity index (χ0v) is 12.4. The first-order chi connectivity index (χ1) is 9.79. The molecule has 5 heteroatoms. The van der Waals surface area contributed by atoms with Crippen LogP contribution < -0.4 is 5.32 Å². The summed E-state index contributed by atoms with van der Waals surface area (Å²) in [6, 6.07) is 0.720. The van der Waals surface area contributed by atoms with Crippen LogP contribution in [0.5, 0.6) is 0 Å². The first kappa shape index (κ1) is 14.0. The molecule has 0 spiro atoms. The van der Waals surface area contributed by atoms with E-state index in [9.17, 15) is 0 Å². The van der Waals surface area contributed by atoms with Crippen molar-refractivity contribution in [2.24, 2.45) is 5.92 Å². The van der Waals surface area contributed by atoms with Gasteiger partial charge in [-0.05, 0) is 44.4 Å². The molecule has 1 heterocycles. The number of aromatic nitrogens is 3. The Bertz CT molecular complexity index is 408. The highest BCUT2D eigenvalue weighted by atomic mass is 16.5. The lowest BCUT2D eigenvalue weighted by Gasteiger charge is -2.26. The normalized spacial score (nSPS) is 26.9. The van der Waals surface area contributed by atoms with Crippen LogP contribution in [0.1, 0.15) is 51.1 Å². The first-order valence-electron chi connectivity index (χ1n) is 8.03. The fraction of sp³-hybridized carbons (Fsp3) is 0.867. The van der Waals surface area contributed by atoms with Gasteiger partial charge in [0.2, 0.25) is 0 Å². The minimum Gasteiger partial charge on any atom is -0.376 e. The maximum atomic E-state index is 5.95. The Labute approximate surface area is 121 Å². The van der Waals surface area contributed by atoms with E-state index in [1.807, 2.05) is 10.9 Å². The Hall–Kier alpha value is -0.940. The van der Waals surface area contributed by atoms with Gasteiger partial charge in [-0.2, -0.15) is 0 Å². The summed E-state index contributed by atoms with van der Waals surface area (Å²) in [5.41, 5.74) is 1.03. The summed E-state index contributed by atoms with van der Waals surface area (Å²) >= 11 is 0. The third-order valence-corrected chi connectivity index (χ3v) is 4.37. The molecule has 1 aromatic rings. The SMILES string of the molecule is CC1CCC(OCCn2cc(CNC3CC3)nn2)CC1. The van der Waals surface area contributed by atoms with Gasteiger partial charge in [-0.1, -0.05) is 12.1 Å². The highest BCUT2D eigenvalue weighted by Gasteiger charge is 2.20. The van der Waals surface area contributed by atoms with Crippen LogP contribution in [0.25, 0.3) is 0 Å². The van der Waals surface area contributed by atoms with Gasteiger partial charge in [0.05, 0.1) is 24.9 Å². The molecule has 5 nitrogen and oxygen atoms in total. The van der Waals surface area contributed by atoms with Gasteiger partial charge in [-0.25, -0.2) is 4.68 Å². The molecule has 3 rings (SSSR count). The molecule has 0 unspecified atom stereocenters. The van der Waals surface area contributed by atoms with Gasteiger partial charge in [0.15, 0.2) is 0 Å². The van der Waals surface area contributed by atoms with Crippen LogP contribution in [-0.2, 0) is 17.8 Å². The minimum absolute atomic E-state index is 0.464. The zero-order chi connectivity index (χ0) is 13.8. The molecule has 0 bridgehead atoms. The van der Waals surface area contributed by atoms with E-state index >= 15 is 0 Å². The van der Waals surface area contributed by atoms with Gasteiger partial charge in [0.25, 0.3) is 0 Å². The van der Waals surface area contributed by atoms with Crippen molar-refractivity contribution in [3.63, 3.8) is 0 Å². The van der Waals surface area contributed by atoms with Gasteiger partial charge >= 0.3 is 0 Å². The molecule has 0 radical (unpaired) electrons. The lowest BCUT2D eigenvalue weighted by Crippen LogP contribution is -2.22. The summed E-state index contributed by atoms with van der Waals surface area (Å²) in [5.74, 6) is 0.881. The standard InChI is InChI=1S/C15H26N4O/c1-12-2-6-15(7-3-12)20-9-8-19-11-14(17-18-19)10-16-13-4-5-13/h11-13,15-16H,2-10H2,1H3. The number of hydrogen-bond acceptors (Lipinski definition) is 4. The molecule has 0 aliphatic heterocycles. The third kappa shape index (κ3) is 4.28. The van der Waals surface area contributed by atoms with E-state index in [-0.39, 0.29) is 0 Å². The van der Waals surface area contributed by atoms with Gasteiger partial charge < -0.3 is 10.1 Å². The number of nitrogens with one attached hydrogen (secondary N) is 1. The molecular formula is C15H26N4O. The maximum absolute atomic E-state index is 5.95. The molecule has 20 heavy (non-hydrogen) atoms. The lowest BCUT2D eigenvalue weighted by molar-refractivity contribution is 0.0145. The van der Waals surface area contributed by atoms with Crippen molar-refractivity contribution in [1.82, 2.24) is 20.3 Å². The Morgan fingerprint density at radius 1 is 1.25 bits per heavy atom. The van der Waals surface area contributed by atoms with Crippen LogP contribution >= 0.6 is 0 Å². The van der Waals surface area contributed by atoms with Crippen LogP contribution in [0.15, 0.2) is 6.20 Å². The number of rotatable bonds is 7. The molecule has 0 aromatic carbocycles. The van der Waals surface area contributed by atoms with Gasteiger partial charge in [0, 0.05) is 18.8 Å². The molecule has 0 amide bonds. The van der Waals surface area contributed by atoms with E-state index in [0.717, 1.165) is 37.4 Å². The monoisotopic (exact) mass is 278 g/mol. The Morgan fingerprint density at radius 2 is 2.05 bits per heavy atom. The van der Waals surface area contributed by atoms with Crippen molar-refractivity contribution in [3.05, 3.63) is 11.9 Å². The van der Waals surface area contributed by atoms with Gasteiger partial charge in [-0.3, -0.25) is 0 Å². The van der Waals surface area contributed by atoms with Crippen LogP contribution in [0.4, 0.5) is 0 Å². The average Bonchev–Trinajstić information content (AvgIpc) is 3.18. The Balaban J connectivity index is 1.33. The highest BCUT2D eigenvalue weighted by molar-refractivity contribution is 4.94. The van der Waals surface area contributed by atoms with E-state index in [1.165, 1.54) is 38.5 Å². The third-order valence-electron chi connectivity index (χ3n) is 4.37. The average molecular weight is 278 g/mol. The molecule has 0 saturated heterocycles. The Morgan fingerprint density at radius 3 is 2.80 bits per heavy atom. The smallest absolute Gasteiger partial charge is 0.0964 e. The molecule has 2 aliphatic carbocycles. The second-order valence-electron chi connectivity index (χ2n) is 6.38. The van der Waals surface area contributed by atoms with Crippen molar-refractivity contribution in [2.45, 2.75) is 70.7 Å². The zero-order valence-electron chi connectivity index (χ0n) is 12.4. The van der Waals surface area contributed by atoms with E-state index < -0.39 is 0 Å². The second kappa shape index (κ2) is 6.68. The first-order valence-corrected chi connectivity index (χ1v) is 8.03. The van der Waals surface area contributed by atoms with E-state index in [1.54, 1.807) is 0 Å². The predicted octanol–water partition coefficient (Wildman–Crippen LogP) is 2.13. The Kier molecular flexibility index (Phi) is 4.68. The van der Waals surface area contributed by atoms with E-state index in [4.69, 9.17) is 4.74 Å². The molecule has 2 fully saturated rings. The van der Waals surface area contributed by atoms with Gasteiger partial charge in [0.1, 0.15) is 0 Å². The minimum atomic E-state index is 0.464. The van der Waals surface area contributed by atoms with Crippen molar-refractivity contribution in [1.29, 1.82) is 0 Å². The summed E-state index contributed by atoms with van der Waals surface area (Å²) in [4.78, 5) is 0. The molecule has 2 aliphatic rings. The van der Waals surface area contributed by atoms with Gasteiger partial charge in [-0.15, -0.1) is 5.10 Å². The number of ether oxygens (including phenoxy) is 1. The van der Waals surface area contributed by atoms with Crippen molar-refractivity contribution in [3.8, 4) is 0 Å². The summed E-state index contributed by atoms with van der Waals surface area (Å²) < 4.78 is 7.85. The fourth-order valence-electron chi connectivity index (χ4n) is 2.77. The number of hydrogen-bond donors (Lipinski definition) is 1. The van der Waals surface area contributed by atoms with Crippen molar-refractivity contribution in [2.75, 3.05) is 6.61 Å². The maximum Gasteiger partial charge on any atom is 0.0964 e. The summed E-state index contributed by atoms with van der Waals surface area (Å²) in [6.07, 6.45) is 10.2. The predicted molar refractivity (Wildman–Crippen MR) is 77.3 cm³/mol. The molecule has 1 aromatic heterocycles.